The first-order chi connectivity index (χ1) is 17.2. The number of rotatable bonds is 9. The molecule has 0 radical (unpaired) electrons. The Bertz CT molecular complexity index is 1080. The van der Waals surface area contributed by atoms with Crippen LogP contribution in [0.2, 0.25) is 0 Å². The Labute approximate surface area is 211 Å². The lowest BCUT2D eigenvalue weighted by atomic mass is 9.96. The average molecular weight is 500 g/mol. The van der Waals surface area contributed by atoms with Crippen LogP contribution >= 0.6 is 0 Å². The van der Waals surface area contributed by atoms with Crippen LogP contribution in [0.4, 0.5) is 9.18 Å². The number of halogens is 1. The van der Waals surface area contributed by atoms with Gasteiger partial charge < -0.3 is 19.9 Å². The second-order valence-corrected chi connectivity index (χ2v) is 10.1. The van der Waals surface area contributed by atoms with Crippen LogP contribution in [0.15, 0.2) is 48.5 Å². The number of para-hydroxylation sites is 1. The van der Waals surface area contributed by atoms with Gasteiger partial charge in [0.2, 0.25) is 0 Å². The standard InChI is InChI=1S/C27H34FN3O5/c1-26(2)24(32)31(25(33)29-26)16-17-35-21-10-8-20(9-11-21)18-30-14-5-12-27(34,13-15-30)19-36-23-7-4-3-6-22(23)28/h3-4,6-11,34H,5,12-19H2,1-2H3,(H,29,33)/t27-/m0/s1. The molecule has 0 bridgehead atoms. The van der Waals surface area contributed by atoms with E-state index in [1.807, 2.05) is 24.3 Å². The number of carbonyl (C=O) groups excluding carboxylic acids is 2. The number of ether oxygens (including phenoxy) is 2. The van der Waals surface area contributed by atoms with Gasteiger partial charge in [-0.2, -0.15) is 0 Å². The molecule has 2 fully saturated rings. The molecule has 36 heavy (non-hydrogen) atoms. The molecule has 0 unspecified atom stereocenters. The van der Waals surface area contributed by atoms with Crippen molar-refractivity contribution in [3.8, 4) is 11.5 Å². The van der Waals surface area contributed by atoms with Crippen molar-refractivity contribution in [3.63, 3.8) is 0 Å². The van der Waals surface area contributed by atoms with Crippen LogP contribution < -0.4 is 14.8 Å². The van der Waals surface area contributed by atoms with Gasteiger partial charge in [0.25, 0.3) is 5.91 Å². The molecule has 3 amide bonds. The number of urea groups is 1. The van der Waals surface area contributed by atoms with Crippen molar-refractivity contribution in [1.29, 1.82) is 0 Å². The van der Waals surface area contributed by atoms with Gasteiger partial charge >= 0.3 is 6.03 Å². The Morgan fingerprint density at radius 3 is 2.47 bits per heavy atom. The molecule has 1 atom stereocenters. The fourth-order valence-corrected chi connectivity index (χ4v) is 4.54. The fourth-order valence-electron chi connectivity index (χ4n) is 4.54. The topological polar surface area (TPSA) is 91.3 Å². The molecule has 0 spiro atoms. The van der Waals surface area contributed by atoms with Crippen LogP contribution in [0, 0.1) is 5.82 Å². The highest BCUT2D eigenvalue weighted by Crippen LogP contribution is 2.26. The summed E-state index contributed by atoms with van der Waals surface area (Å²) in [4.78, 5) is 27.7. The van der Waals surface area contributed by atoms with Gasteiger partial charge in [0.1, 0.15) is 24.5 Å². The van der Waals surface area contributed by atoms with Gasteiger partial charge in [-0.1, -0.05) is 24.3 Å². The van der Waals surface area contributed by atoms with E-state index in [0.29, 0.717) is 25.1 Å². The second kappa shape index (κ2) is 10.8. The van der Waals surface area contributed by atoms with Crippen LogP contribution in [-0.2, 0) is 11.3 Å². The minimum Gasteiger partial charge on any atom is -0.492 e. The lowest BCUT2D eigenvalue weighted by molar-refractivity contribution is -0.130. The predicted molar refractivity (Wildman–Crippen MR) is 132 cm³/mol. The molecule has 2 heterocycles. The molecule has 2 aliphatic rings. The van der Waals surface area contributed by atoms with Crippen LogP contribution in [0.25, 0.3) is 0 Å². The van der Waals surface area contributed by atoms with E-state index < -0.39 is 23.0 Å². The van der Waals surface area contributed by atoms with E-state index in [0.717, 1.165) is 25.1 Å². The SMILES string of the molecule is CC1(C)NC(=O)N(CCOc2ccc(CN3CCC[C@@](O)(COc4ccccc4F)CC3)cc2)C1=O. The lowest BCUT2D eigenvalue weighted by Gasteiger charge is -2.27. The third kappa shape index (κ3) is 6.33. The first-order valence-corrected chi connectivity index (χ1v) is 12.3. The number of nitrogens with zero attached hydrogens (tertiary/aromatic N) is 2. The van der Waals surface area contributed by atoms with E-state index in [2.05, 4.69) is 10.2 Å². The number of carbonyl (C=O) groups is 2. The average Bonchev–Trinajstić information content (AvgIpc) is 2.95. The molecular weight excluding hydrogens is 465 g/mol. The van der Waals surface area contributed by atoms with E-state index in [9.17, 15) is 19.1 Å². The van der Waals surface area contributed by atoms with Crippen LogP contribution in [0.1, 0.15) is 38.7 Å². The van der Waals surface area contributed by atoms with Crippen molar-refractivity contribution in [3.05, 3.63) is 59.9 Å². The molecule has 2 aliphatic heterocycles. The highest BCUT2D eigenvalue weighted by molar-refractivity contribution is 6.06. The summed E-state index contributed by atoms with van der Waals surface area (Å²) in [6, 6.07) is 13.6. The normalized spacial score (nSPS) is 22.3. The largest absolute Gasteiger partial charge is 0.492 e. The maximum atomic E-state index is 13.8. The van der Waals surface area contributed by atoms with Crippen molar-refractivity contribution < 1.29 is 28.6 Å². The van der Waals surface area contributed by atoms with Gasteiger partial charge in [-0.3, -0.25) is 14.6 Å². The number of aliphatic hydroxyl groups is 1. The smallest absolute Gasteiger partial charge is 0.325 e. The maximum Gasteiger partial charge on any atom is 0.325 e. The van der Waals surface area contributed by atoms with E-state index in [-0.39, 0.29) is 31.4 Å². The number of benzene rings is 2. The fraction of sp³-hybridized carbons (Fsp3) is 0.481. The summed E-state index contributed by atoms with van der Waals surface area (Å²) in [6.45, 7) is 6.12. The van der Waals surface area contributed by atoms with Crippen LogP contribution in [0.3, 0.4) is 0 Å². The molecule has 194 valence electrons. The monoisotopic (exact) mass is 499 g/mol. The van der Waals surface area contributed by atoms with Gasteiger partial charge in [0.05, 0.1) is 12.1 Å². The quantitative estimate of drug-likeness (QED) is 0.515. The summed E-state index contributed by atoms with van der Waals surface area (Å²) in [5, 5.41) is 13.7. The Morgan fingerprint density at radius 1 is 1.03 bits per heavy atom. The summed E-state index contributed by atoms with van der Waals surface area (Å²) in [5.41, 5.74) is -0.752. The number of amides is 3. The van der Waals surface area contributed by atoms with Gasteiger partial charge in [0.15, 0.2) is 11.6 Å². The molecule has 9 heteroatoms. The van der Waals surface area contributed by atoms with E-state index >= 15 is 0 Å². The minimum absolute atomic E-state index is 0.0655. The van der Waals surface area contributed by atoms with Crippen LogP contribution in [-0.4, -0.2) is 70.8 Å². The number of hydrogen-bond donors (Lipinski definition) is 2. The van der Waals surface area contributed by atoms with Gasteiger partial charge in [-0.15, -0.1) is 0 Å². The van der Waals surface area contributed by atoms with E-state index in [4.69, 9.17) is 9.47 Å². The van der Waals surface area contributed by atoms with Crippen molar-refractivity contribution in [2.75, 3.05) is 32.8 Å². The Morgan fingerprint density at radius 2 is 1.78 bits per heavy atom. The molecule has 0 saturated carbocycles. The predicted octanol–water partition coefficient (Wildman–Crippen LogP) is 3.33. The molecule has 2 aromatic rings. The lowest BCUT2D eigenvalue weighted by Crippen LogP contribution is -2.40. The molecule has 0 aliphatic carbocycles. The highest BCUT2D eigenvalue weighted by atomic mass is 19.1. The molecule has 2 N–H and O–H groups in total. The zero-order valence-corrected chi connectivity index (χ0v) is 20.8. The maximum absolute atomic E-state index is 13.8. The first-order valence-electron chi connectivity index (χ1n) is 12.3. The Balaban J connectivity index is 1.22. The summed E-state index contributed by atoms with van der Waals surface area (Å²) < 4.78 is 25.1. The molecule has 8 nitrogen and oxygen atoms in total. The number of nitrogens with one attached hydrogen (secondary N) is 1. The summed E-state index contributed by atoms with van der Waals surface area (Å²) in [5.74, 6) is 0.145. The van der Waals surface area contributed by atoms with E-state index in [1.54, 1.807) is 32.0 Å². The molecule has 2 saturated heterocycles. The van der Waals surface area contributed by atoms with Crippen LogP contribution in [0.5, 0.6) is 11.5 Å². The molecule has 4 rings (SSSR count). The molecule has 2 aromatic carbocycles. The van der Waals surface area contributed by atoms with E-state index in [1.165, 1.54) is 11.0 Å². The highest BCUT2D eigenvalue weighted by Gasteiger charge is 2.43. The zero-order chi connectivity index (χ0) is 25.8. The Hall–Kier alpha value is -3.17. The number of imide groups is 1. The first kappa shape index (κ1) is 25.9. The Kier molecular flexibility index (Phi) is 7.80. The number of likely N-dealkylation sites (tertiary alicyclic amines) is 1. The minimum atomic E-state index is -0.989. The molecule has 0 aromatic heterocycles. The summed E-state index contributed by atoms with van der Waals surface area (Å²) >= 11 is 0. The zero-order valence-electron chi connectivity index (χ0n) is 20.8. The molecular formula is C27H34FN3O5. The van der Waals surface area contributed by atoms with Gasteiger partial charge in [-0.05, 0) is 69.5 Å². The summed E-state index contributed by atoms with van der Waals surface area (Å²) in [7, 11) is 0. The van der Waals surface area contributed by atoms with Gasteiger partial charge in [0, 0.05) is 13.1 Å². The van der Waals surface area contributed by atoms with Crippen molar-refractivity contribution in [2.24, 2.45) is 0 Å². The summed E-state index contributed by atoms with van der Waals surface area (Å²) in [6.07, 6.45) is 1.96. The third-order valence-corrected chi connectivity index (χ3v) is 6.70. The number of hydrogen-bond acceptors (Lipinski definition) is 6. The van der Waals surface area contributed by atoms with Crippen molar-refractivity contribution in [2.45, 2.75) is 50.8 Å². The van der Waals surface area contributed by atoms with Crippen molar-refractivity contribution in [1.82, 2.24) is 15.1 Å². The van der Waals surface area contributed by atoms with Gasteiger partial charge in [-0.25, -0.2) is 9.18 Å². The van der Waals surface area contributed by atoms with Crippen molar-refractivity contribution >= 4 is 11.9 Å². The third-order valence-electron chi connectivity index (χ3n) is 6.70. The second-order valence-electron chi connectivity index (χ2n) is 10.1.